The van der Waals surface area contributed by atoms with Gasteiger partial charge in [-0.1, -0.05) is 0 Å². The van der Waals surface area contributed by atoms with Crippen LogP contribution < -0.4 is 4.74 Å². The van der Waals surface area contributed by atoms with E-state index in [0.717, 1.165) is 6.26 Å². The monoisotopic (exact) mass is 295 g/mol. The second kappa shape index (κ2) is 6.25. The van der Waals surface area contributed by atoms with Crippen molar-refractivity contribution >= 4 is 9.84 Å². The Morgan fingerprint density at radius 2 is 2.05 bits per heavy atom. The molecule has 1 aromatic heterocycles. The van der Waals surface area contributed by atoms with Crippen molar-refractivity contribution in [1.82, 2.24) is 4.98 Å². The molecule has 1 aromatic rings. The lowest BCUT2D eigenvalue weighted by Crippen LogP contribution is -2.20. The van der Waals surface area contributed by atoms with E-state index in [4.69, 9.17) is 4.74 Å². The predicted molar refractivity (Wildman–Crippen MR) is 64.1 cm³/mol. The second-order valence-electron chi connectivity index (χ2n) is 4.05. The molecule has 19 heavy (non-hydrogen) atoms. The number of hydrogen-bond acceptors (Lipinski definition) is 5. The first-order chi connectivity index (χ1) is 8.70. The van der Waals surface area contributed by atoms with Gasteiger partial charge < -0.3 is 9.47 Å². The van der Waals surface area contributed by atoms with E-state index in [1.807, 2.05) is 0 Å². The smallest absolute Gasteiger partial charge is 0.345 e. The zero-order chi connectivity index (χ0) is 14.6. The summed E-state index contributed by atoms with van der Waals surface area (Å²) >= 11 is 0. The summed E-state index contributed by atoms with van der Waals surface area (Å²) in [5.74, 6) is 0.191. The first-order valence-electron chi connectivity index (χ1n) is 5.43. The van der Waals surface area contributed by atoms with Crippen LogP contribution in [-0.4, -0.2) is 39.0 Å². The highest BCUT2D eigenvalue weighted by molar-refractivity contribution is 7.90. The molecule has 0 bridgehead atoms. The lowest BCUT2D eigenvalue weighted by Gasteiger charge is -2.14. The maximum absolute atomic E-state index is 11.9. The van der Waals surface area contributed by atoms with E-state index in [-0.39, 0.29) is 17.3 Å². The molecule has 0 radical (unpaired) electrons. The van der Waals surface area contributed by atoms with Gasteiger partial charge in [-0.15, -0.1) is 0 Å². The van der Waals surface area contributed by atoms with Gasteiger partial charge in [0.25, 0.3) is 0 Å². The molecule has 0 aliphatic rings. The molecule has 0 spiro atoms. The minimum absolute atomic E-state index is 0.0485. The van der Waals surface area contributed by atoms with Gasteiger partial charge in [0.1, 0.15) is 12.4 Å². The van der Waals surface area contributed by atoms with Crippen LogP contribution in [0.4, 0.5) is 8.78 Å². The molecular formula is C11H15F2NO4S. The van der Waals surface area contributed by atoms with Crippen molar-refractivity contribution in [3.8, 4) is 5.75 Å². The molecule has 8 heteroatoms. The lowest BCUT2D eigenvalue weighted by atomic mass is 10.3. The van der Waals surface area contributed by atoms with Crippen LogP contribution in [0.3, 0.4) is 0 Å². The SMILES string of the molecule is Cc1ncc(OC[C@H](C)OC(F)F)cc1S(C)(=O)=O. The molecule has 1 rings (SSSR count). The van der Waals surface area contributed by atoms with Crippen molar-refractivity contribution in [2.75, 3.05) is 12.9 Å². The molecule has 0 N–H and O–H groups in total. The first kappa shape index (κ1) is 15.8. The number of halogens is 2. The van der Waals surface area contributed by atoms with Crippen molar-refractivity contribution in [2.45, 2.75) is 31.5 Å². The quantitative estimate of drug-likeness (QED) is 0.800. The van der Waals surface area contributed by atoms with E-state index in [0.29, 0.717) is 5.69 Å². The molecule has 1 atom stereocenters. The molecule has 5 nitrogen and oxygen atoms in total. The van der Waals surface area contributed by atoms with Crippen LogP contribution in [0.1, 0.15) is 12.6 Å². The molecule has 0 saturated heterocycles. The first-order valence-corrected chi connectivity index (χ1v) is 7.32. The fourth-order valence-corrected chi connectivity index (χ4v) is 2.30. The molecule has 1 heterocycles. The van der Waals surface area contributed by atoms with Gasteiger partial charge in [-0.05, 0) is 13.8 Å². The Morgan fingerprint density at radius 3 is 2.58 bits per heavy atom. The lowest BCUT2D eigenvalue weighted by molar-refractivity contribution is -0.164. The Bertz CT molecular complexity index is 533. The molecule has 108 valence electrons. The van der Waals surface area contributed by atoms with E-state index in [9.17, 15) is 17.2 Å². The van der Waals surface area contributed by atoms with Crippen LogP contribution in [0.25, 0.3) is 0 Å². The van der Waals surface area contributed by atoms with Crippen LogP contribution in [0.5, 0.6) is 5.75 Å². The van der Waals surface area contributed by atoms with Gasteiger partial charge in [0.2, 0.25) is 0 Å². The van der Waals surface area contributed by atoms with Gasteiger partial charge in [0.15, 0.2) is 9.84 Å². The number of pyridine rings is 1. The molecule has 0 amide bonds. The van der Waals surface area contributed by atoms with Crippen molar-refractivity contribution < 1.29 is 26.7 Å². The van der Waals surface area contributed by atoms with E-state index in [2.05, 4.69) is 9.72 Å². The number of aryl methyl sites for hydroxylation is 1. The largest absolute Gasteiger partial charge is 0.489 e. The second-order valence-corrected chi connectivity index (χ2v) is 6.03. The fourth-order valence-electron chi connectivity index (χ4n) is 1.38. The third kappa shape index (κ3) is 5.07. The normalized spacial score (nSPS) is 13.6. The Kier molecular flexibility index (Phi) is 5.19. The predicted octanol–water partition coefficient (Wildman–Crippen LogP) is 1.80. The highest BCUT2D eigenvalue weighted by Gasteiger charge is 2.15. The van der Waals surface area contributed by atoms with Gasteiger partial charge in [0, 0.05) is 12.3 Å². The fraction of sp³-hybridized carbons (Fsp3) is 0.545. The maximum Gasteiger partial charge on any atom is 0.345 e. The van der Waals surface area contributed by atoms with E-state index in [1.165, 1.54) is 19.2 Å². The number of aromatic nitrogens is 1. The standard InChI is InChI=1S/C11H15F2NO4S/c1-7(18-11(12)13)6-17-9-4-10(19(3,15)16)8(2)14-5-9/h4-5,7,11H,6H2,1-3H3/t7-/m0/s1. The summed E-state index contributed by atoms with van der Waals surface area (Å²) in [6.45, 7) is -0.0204. The Labute approximate surface area is 110 Å². The Hall–Kier alpha value is -1.28. The van der Waals surface area contributed by atoms with Crippen molar-refractivity contribution in [2.24, 2.45) is 0 Å². The van der Waals surface area contributed by atoms with Crippen LogP contribution in [-0.2, 0) is 14.6 Å². The van der Waals surface area contributed by atoms with Crippen molar-refractivity contribution in [3.05, 3.63) is 18.0 Å². The number of nitrogens with zero attached hydrogens (tertiary/aromatic N) is 1. The van der Waals surface area contributed by atoms with Gasteiger partial charge in [-0.2, -0.15) is 8.78 Å². The minimum atomic E-state index is -3.41. The van der Waals surface area contributed by atoms with Gasteiger partial charge in [-0.3, -0.25) is 4.98 Å². The van der Waals surface area contributed by atoms with Gasteiger partial charge in [-0.25, -0.2) is 8.42 Å². The average molecular weight is 295 g/mol. The summed E-state index contributed by atoms with van der Waals surface area (Å²) in [6.07, 6.45) is 1.57. The van der Waals surface area contributed by atoms with Crippen LogP contribution >= 0.6 is 0 Å². The van der Waals surface area contributed by atoms with Crippen molar-refractivity contribution in [1.29, 1.82) is 0 Å². The number of hydrogen-bond donors (Lipinski definition) is 0. The molecule has 0 aromatic carbocycles. The third-order valence-electron chi connectivity index (χ3n) is 2.23. The van der Waals surface area contributed by atoms with E-state index >= 15 is 0 Å². The van der Waals surface area contributed by atoms with Gasteiger partial charge in [0.05, 0.1) is 22.9 Å². The number of sulfone groups is 1. The van der Waals surface area contributed by atoms with Crippen LogP contribution in [0, 0.1) is 6.92 Å². The van der Waals surface area contributed by atoms with Crippen LogP contribution in [0.2, 0.25) is 0 Å². The molecular weight excluding hydrogens is 280 g/mol. The van der Waals surface area contributed by atoms with Gasteiger partial charge >= 0.3 is 6.61 Å². The summed E-state index contributed by atoms with van der Waals surface area (Å²) < 4.78 is 56.1. The summed E-state index contributed by atoms with van der Waals surface area (Å²) in [6, 6.07) is 1.31. The molecule has 0 aliphatic heterocycles. The van der Waals surface area contributed by atoms with E-state index in [1.54, 1.807) is 6.92 Å². The number of ether oxygens (including phenoxy) is 2. The zero-order valence-corrected chi connectivity index (χ0v) is 11.6. The number of alkyl halides is 2. The maximum atomic E-state index is 11.9. The molecule has 0 fully saturated rings. The number of rotatable bonds is 6. The minimum Gasteiger partial charge on any atom is -0.489 e. The summed E-state index contributed by atoms with van der Waals surface area (Å²) in [7, 11) is -3.41. The molecule has 0 aliphatic carbocycles. The Morgan fingerprint density at radius 1 is 1.42 bits per heavy atom. The van der Waals surface area contributed by atoms with E-state index < -0.39 is 22.6 Å². The van der Waals surface area contributed by atoms with Crippen molar-refractivity contribution in [3.63, 3.8) is 0 Å². The topological polar surface area (TPSA) is 65.5 Å². The molecule has 0 saturated carbocycles. The highest BCUT2D eigenvalue weighted by atomic mass is 32.2. The third-order valence-corrected chi connectivity index (χ3v) is 3.45. The van der Waals surface area contributed by atoms with Crippen LogP contribution in [0.15, 0.2) is 17.2 Å². The highest BCUT2D eigenvalue weighted by Crippen LogP contribution is 2.19. The summed E-state index contributed by atoms with van der Waals surface area (Å²) in [4.78, 5) is 3.94. The average Bonchev–Trinajstić information content (AvgIpc) is 2.25. The molecule has 0 unspecified atom stereocenters. The Balaban J connectivity index is 2.76. The summed E-state index contributed by atoms with van der Waals surface area (Å²) in [5.41, 5.74) is 0.353. The summed E-state index contributed by atoms with van der Waals surface area (Å²) in [5, 5.41) is 0. The zero-order valence-electron chi connectivity index (χ0n) is 10.8.